The van der Waals surface area contributed by atoms with Gasteiger partial charge in [-0.2, -0.15) is 0 Å². The SMILES string of the molecule is Cc1cc(Oc2cc(F)cc(I)c2)c(C)cc1NC=NC1(C)CNCC(C)O1. The van der Waals surface area contributed by atoms with E-state index in [4.69, 9.17) is 9.47 Å². The molecule has 3 rings (SSSR count). The number of anilines is 1. The molecule has 1 aliphatic rings. The van der Waals surface area contributed by atoms with Gasteiger partial charge in [-0.3, -0.25) is 0 Å². The van der Waals surface area contributed by atoms with E-state index in [2.05, 4.69) is 38.2 Å². The molecule has 0 saturated carbocycles. The maximum Gasteiger partial charge on any atom is 0.170 e. The highest BCUT2D eigenvalue weighted by molar-refractivity contribution is 14.1. The molecule has 150 valence electrons. The number of hydrogen-bond acceptors (Lipinski definition) is 4. The Morgan fingerprint density at radius 2 is 2.07 bits per heavy atom. The predicted molar refractivity (Wildman–Crippen MR) is 119 cm³/mol. The number of rotatable bonds is 5. The van der Waals surface area contributed by atoms with Gasteiger partial charge >= 0.3 is 0 Å². The minimum atomic E-state index is -0.578. The van der Waals surface area contributed by atoms with Crippen LogP contribution in [0.1, 0.15) is 25.0 Å². The van der Waals surface area contributed by atoms with Crippen LogP contribution in [-0.4, -0.2) is 31.3 Å². The van der Waals surface area contributed by atoms with Crippen molar-refractivity contribution in [1.82, 2.24) is 5.32 Å². The van der Waals surface area contributed by atoms with Gasteiger partial charge in [-0.25, -0.2) is 9.38 Å². The van der Waals surface area contributed by atoms with Crippen LogP contribution in [0.2, 0.25) is 0 Å². The normalized spacial score (nSPS) is 22.4. The zero-order chi connectivity index (χ0) is 20.3. The van der Waals surface area contributed by atoms with E-state index in [1.807, 2.05) is 39.8 Å². The Bertz CT molecular complexity index is 870. The van der Waals surface area contributed by atoms with E-state index < -0.39 is 5.72 Å². The Kier molecular flexibility index (Phi) is 6.57. The Morgan fingerprint density at radius 1 is 1.29 bits per heavy atom. The van der Waals surface area contributed by atoms with Crippen LogP contribution >= 0.6 is 22.6 Å². The zero-order valence-electron chi connectivity index (χ0n) is 16.5. The number of aliphatic imine (C=N–C) groups is 1. The third kappa shape index (κ3) is 5.42. The first-order chi connectivity index (χ1) is 13.2. The number of benzene rings is 2. The Morgan fingerprint density at radius 3 is 2.79 bits per heavy atom. The van der Waals surface area contributed by atoms with E-state index >= 15 is 0 Å². The summed E-state index contributed by atoms with van der Waals surface area (Å²) in [7, 11) is 0. The standard InChI is InChI=1S/C21H25FIN3O2/c1-13-6-20(27-18-8-16(22)7-17(23)9-18)14(2)5-19(13)25-12-26-21(4)11-24-10-15(3)28-21/h5-9,12,15,24H,10-11H2,1-4H3,(H,25,26). The molecule has 28 heavy (non-hydrogen) atoms. The molecule has 1 heterocycles. The monoisotopic (exact) mass is 497 g/mol. The van der Waals surface area contributed by atoms with Gasteiger partial charge in [-0.15, -0.1) is 0 Å². The fourth-order valence-corrected chi connectivity index (χ4v) is 3.71. The molecular formula is C21H25FIN3O2. The van der Waals surface area contributed by atoms with Crippen molar-refractivity contribution in [2.75, 3.05) is 18.4 Å². The van der Waals surface area contributed by atoms with Gasteiger partial charge < -0.3 is 20.1 Å². The molecule has 7 heteroatoms. The number of nitrogens with one attached hydrogen (secondary N) is 2. The number of morpholine rings is 1. The minimum Gasteiger partial charge on any atom is -0.457 e. The third-order valence-corrected chi connectivity index (χ3v) is 5.11. The number of nitrogens with zero attached hydrogens (tertiary/aromatic N) is 1. The molecule has 2 unspecified atom stereocenters. The van der Waals surface area contributed by atoms with Crippen LogP contribution < -0.4 is 15.4 Å². The quantitative estimate of drug-likeness (QED) is 0.347. The summed E-state index contributed by atoms with van der Waals surface area (Å²) in [6.45, 7) is 9.44. The van der Waals surface area contributed by atoms with Crippen LogP contribution in [0.3, 0.4) is 0 Å². The second-order valence-electron chi connectivity index (χ2n) is 7.28. The topological polar surface area (TPSA) is 54.9 Å². The summed E-state index contributed by atoms with van der Waals surface area (Å²) in [5.74, 6) is 0.869. The average molecular weight is 497 g/mol. The molecule has 0 spiro atoms. The molecule has 2 N–H and O–H groups in total. The highest BCUT2D eigenvalue weighted by Crippen LogP contribution is 2.31. The van der Waals surface area contributed by atoms with Gasteiger partial charge in [-0.1, -0.05) is 0 Å². The summed E-state index contributed by atoms with van der Waals surface area (Å²) < 4.78 is 26.2. The lowest BCUT2D eigenvalue weighted by molar-refractivity contribution is -0.0910. The molecular weight excluding hydrogens is 472 g/mol. The Labute approximate surface area is 178 Å². The maximum atomic E-state index is 13.6. The van der Waals surface area contributed by atoms with Crippen molar-refractivity contribution in [2.24, 2.45) is 4.99 Å². The van der Waals surface area contributed by atoms with Crippen molar-refractivity contribution in [2.45, 2.75) is 39.5 Å². The molecule has 0 aromatic heterocycles. The van der Waals surface area contributed by atoms with E-state index in [1.165, 1.54) is 12.1 Å². The van der Waals surface area contributed by atoms with Gasteiger partial charge in [0.05, 0.1) is 12.4 Å². The summed E-state index contributed by atoms with van der Waals surface area (Å²) in [5, 5.41) is 6.56. The fourth-order valence-electron chi connectivity index (χ4n) is 3.11. The van der Waals surface area contributed by atoms with E-state index in [1.54, 1.807) is 12.4 Å². The van der Waals surface area contributed by atoms with Crippen LogP contribution in [0.4, 0.5) is 10.1 Å². The zero-order valence-corrected chi connectivity index (χ0v) is 18.6. The molecule has 2 aromatic carbocycles. The molecule has 2 aromatic rings. The van der Waals surface area contributed by atoms with Crippen molar-refractivity contribution < 1.29 is 13.9 Å². The fraction of sp³-hybridized carbons (Fsp3) is 0.381. The van der Waals surface area contributed by atoms with E-state index in [9.17, 15) is 4.39 Å². The summed E-state index contributed by atoms with van der Waals surface area (Å²) in [5.41, 5.74) is 2.30. The highest BCUT2D eigenvalue weighted by Gasteiger charge is 2.29. The molecule has 5 nitrogen and oxygen atoms in total. The van der Waals surface area contributed by atoms with Crippen LogP contribution in [0.5, 0.6) is 11.5 Å². The maximum absolute atomic E-state index is 13.6. The second-order valence-corrected chi connectivity index (χ2v) is 8.52. The van der Waals surface area contributed by atoms with Crippen molar-refractivity contribution in [3.8, 4) is 11.5 Å². The van der Waals surface area contributed by atoms with E-state index in [0.29, 0.717) is 18.0 Å². The molecule has 1 fully saturated rings. The van der Waals surface area contributed by atoms with Crippen LogP contribution in [0, 0.1) is 23.2 Å². The molecule has 0 amide bonds. The lowest BCUT2D eigenvalue weighted by atomic mass is 10.1. The van der Waals surface area contributed by atoms with E-state index in [-0.39, 0.29) is 11.9 Å². The van der Waals surface area contributed by atoms with E-state index in [0.717, 1.165) is 26.9 Å². The third-order valence-electron chi connectivity index (χ3n) is 4.48. The first-order valence-electron chi connectivity index (χ1n) is 9.18. The summed E-state index contributed by atoms with van der Waals surface area (Å²) >= 11 is 2.07. The Hall–Kier alpha value is -1.71. The van der Waals surface area contributed by atoms with Crippen molar-refractivity contribution >= 4 is 34.6 Å². The summed E-state index contributed by atoms with van der Waals surface area (Å²) in [4.78, 5) is 4.55. The van der Waals surface area contributed by atoms with Crippen molar-refractivity contribution in [3.63, 3.8) is 0 Å². The Balaban J connectivity index is 1.72. The second kappa shape index (κ2) is 8.75. The molecule has 0 aliphatic carbocycles. The lowest BCUT2D eigenvalue weighted by Gasteiger charge is -2.34. The first-order valence-corrected chi connectivity index (χ1v) is 10.3. The average Bonchev–Trinajstić information content (AvgIpc) is 2.58. The number of aryl methyl sites for hydroxylation is 2. The van der Waals surface area contributed by atoms with Crippen molar-refractivity contribution in [1.29, 1.82) is 0 Å². The number of hydrogen-bond donors (Lipinski definition) is 2. The van der Waals surface area contributed by atoms with Crippen LogP contribution in [0.25, 0.3) is 0 Å². The molecule has 0 radical (unpaired) electrons. The summed E-state index contributed by atoms with van der Waals surface area (Å²) in [6, 6.07) is 8.58. The highest BCUT2D eigenvalue weighted by atomic mass is 127. The lowest BCUT2D eigenvalue weighted by Crippen LogP contribution is -2.50. The van der Waals surface area contributed by atoms with Crippen LogP contribution in [-0.2, 0) is 4.74 Å². The molecule has 1 saturated heterocycles. The van der Waals surface area contributed by atoms with Gasteiger partial charge in [0.25, 0.3) is 0 Å². The smallest absolute Gasteiger partial charge is 0.170 e. The minimum absolute atomic E-state index is 0.127. The first kappa shape index (κ1) is 21.0. The van der Waals surface area contributed by atoms with Gasteiger partial charge in [0.2, 0.25) is 0 Å². The van der Waals surface area contributed by atoms with Gasteiger partial charge in [0.1, 0.15) is 17.3 Å². The summed E-state index contributed by atoms with van der Waals surface area (Å²) in [6.07, 6.45) is 1.80. The molecule has 1 aliphatic heterocycles. The predicted octanol–water partition coefficient (Wildman–Crippen LogP) is 5.00. The largest absolute Gasteiger partial charge is 0.457 e. The van der Waals surface area contributed by atoms with Crippen LogP contribution in [0.15, 0.2) is 35.3 Å². The molecule has 0 bridgehead atoms. The van der Waals surface area contributed by atoms with Gasteiger partial charge in [0, 0.05) is 28.4 Å². The van der Waals surface area contributed by atoms with Gasteiger partial charge in [-0.05, 0) is 85.7 Å². The van der Waals surface area contributed by atoms with Crippen molar-refractivity contribution in [3.05, 3.63) is 50.8 Å². The molecule has 2 atom stereocenters. The number of halogens is 2. The van der Waals surface area contributed by atoms with Gasteiger partial charge in [0.15, 0.2) is 5.72 Å². The number of ether oxygens (including phenoxy) is 2.